The normalized spacial score (nSPS) is 16.5. The summed E-state index contributed by atoms with van der Waals surface area (Å²) in [6.07, 6.45) is 5.11. The van der Waals surface area contributed by atoms with Gasteiger partial charge in [0.05, 0.1) is 12.4 Å². The highest BCUT2D eigenvalue weighted by molar-refractivity contribution is 5.60. The second kappa shape index (κ2) is 4.87. The minimum Gasteiger partial charge on any atom is -0.391 e. The molecule has 0 unspecified atom stereocenters. The number of aromatic nitrogens is 4. The minimum absolute atomic E-state index is 0.175. The summed E-state index contributed by atoms with van der Waals surface area (Å²) in [7, 11) is 0. The van der Waals surface area contributed by atoms with Crippen LogP contribution in [0.25, 0.3) is 0 Å². The van der Waals surface area contributed by atoms with E-state index < -0.39 is 0 Å². The van der Waals surface area contributed by atoms with E-state index in [4.69, 9.17) is 11.5 Å². The van der Waals surface area contributed by atoms with Crippen LogP contribution in [0, 0.1) is 0 Å². The van der Waals surface area contributed by atoms with Crippen LogP contribution in [0.2, 0.25) is 0 Å². The van der Waals surface area contributed by atoms with Gasteiger partial charge in [0, 0.05) is 19.3 Å². The number of nitrogens with one attached hydrogen (secondary N) is 1. The molecule has 5 N–H and O–H groups in total. The zero-order valence-electron chi connectivity index (χ0n) is 11.0. The minimum atomic E-state index is -0.294. The van der Waals surface area contributed by atoms with E-state index in [9.17, 15) is 4.79 Å². The smallest absolute Gasteiger partial charge is 0.276 e. The lowest BCUT2D eigenvalue weighted by atomic mass is 10.1. The third-order valence-corrected chi connectivity index (χ3v) is 3.64. The van der Waals surface area contributed by atoms with Crippen LogP contribution in [0.15, 0.2) is 23.4 Å². The van der Waals surface area contributed by atoms with Crippen molar-refractivity contribution in [2.75, 3.05) is 29.5 Å². The largest absolute Gasteiger partial charge is 0.391 e. The monoisotopic (exact) mass is 275 g/mol. The second-order valence-corrected chi connectivity index (χ2v) is 4.91. The Kier molecular flexibility index (Phi) is 3.05. The molecule has 0 atom stereocenters. The number of hydrogen-bond acceptors (Lipinski definition) is 6. The van der Waals surface area contributed by atoms with Gasteiger partial charge in [-0.1, -0.05) is 0 Å². The van der Waals surface area contributed by atoms with Crippen LogP contribution in [-0.4, -0.2) is 32.8 Å². The SMILES string of the molecule is Nc1ccn(C2CCN(c3nc[nH]c(=O)c3N)CC2)n1. The maximum Gasteiger partial charge on any atom is 0.276 e. The molecule has 1 aliphatic heterocycles. The molecule has 0 radical (unpaired) electrons. The lowest BCUT2D eigenvalue weighted by Gasteiger charge is -2.33. The number of nitrogens with two attached hydrogens (primary N) is 2. The third-order valence-electron chi connectivity index (χ3n) is 3.64. The number of aromatic amines is 1. The zero-order valence-corrected chi connectivity index (χ0v) is 11.0. The van der Waals surface area contributed by atoms with Crippen molar-refractivity contribution in [3.8, 4) is 0 Å². The molecule has 106 valence electrons. The van der Waals surface area contributed by atoms with Crippen LogP contribution in [0.4, 0.5) is 17.3 Å². The summed E-state index contributed by atoms with van der Waals surface area (Å²) in [5, 5.41) is 4.24. The van der Waals surface area contributed by atoms with Gasteiger partial charge in [-0.15, -0.1) is 0 Å². The number of rotatable bonds is 2. The Balaban J connectivity index is 1.72. The molecule has 0 saturated carbocycles. The van der Waals surface area contributed by atoms with E-state index in [0.717, 1.165) is 25.9 Å². The topological polar surface area (TPSA) is 119 Å². The van der Waals surface area contributed by atoms with Gasteiger partial charge in [0.1, 0.15) is 11.5 Å². The molecular formula is C12H17N7O. The van der Waals surface area contributed by atoms with Crippen molar-refractivity contribution in [2.45, 2.75) is 18.9 Å². The molecule has 0 aliphatic carbocycles. The second-order valence-electron chi connectivity index (χ2n) is 4.91. The van der Waals surface area contributed by atoms with Gasteiger partial charge in [-0.25, -0.2) is 4.98 Å². The highest BCUT2D eigenvalue weighted by Crippen LogP contribution is 2.26. The van der Waals surface area contributed by atoms with Crippen molar-refractivity contribution in [3.63, 3.8) is 0 Å². The van der Waals surface area contributed by atoms with Crippen LogP contribution in [0.1, 0.15) is 18.9 Å². The van der Waals surface area contributed by atoms with Gasteiger partial charge in [0.2, 0.25) is 0 Å². The summed E-state index contributed by atoms with van der Waals surface area (Å²) in [5.74, 6) is 1.10. The highest BCUT2D eigenvalue weighted by atomic mass is 16.1. The van der Waals surface area contributed by atoms with Gasteiger partial charge >= 0.3 is 0 Å². The number of anilines is 3. The predicted octanol–water partition coefficient (Wildman–Crippen LogP) is -0.0277. The van der Waals surface area contributed by atoms with Crippen LogP contribution >= 0.6 is 0 Å². The van der Waals surface area contributed by atoms with Crippen molar-refractivity contribution >= 4 is 17.3 Å². The lowest BCUT2D eigenvalue weighted by Crippen LogP contribution is -2.36. The lowest BCUT2D eigenvalue weighted by molar-refractivity contribution is 0.367. The average molecular weight is 275 g/mol. The Morgan fingerprint density at radius 3 is 2.70 bits per heavy atom. The van der Waals surface area contributed by atoms with E-state index in [0.29, 0.717) is 17.7 Å². The fourth-order valence-corrected chi connectivity index (χ4v) is 2.55. The Bertz CT molecular complexity index is 654. The van der Waals surface area contributed by atoms with Gasteiger partial charge in [-0.05, 0) is 18.9 Å². The molecule has 1 aliphatic rings. The van der Waals surface area contributed by atoms with Crippen molar-refractivity contribution in [1.29, 1.82) is 0 Å². The zero-order chi connectivity index (χ0) is 14.1. The third kappa shape index (κ3) is 2.20. The van der Waals surface area contributed by atoms with Gasteiger partial charge in [0.15, 0.2) is 5.82 Å². The van der Waals surface area contributed by atoms with Crippen LogP contribution < -0.4 is 21.9 Å². The molecule has 8 heteroatoms. The molecule has 0 aromatic carbocycles. The van der Waals surface area contributed by atoms with Crippen molar-refractivity contribution in [3.05, 3.63) is 28.9 Å². The maximum absolute atomic E-state index is 11.5. The summed E-state index contributed by atoms with van der Waals surface area (Å²) in [6, 6.07) is 2.12. The van der Waals surface area contributed by atoms with Gasteiger partial charge < -0.3 is 21.4 Å². The molecule has 1 saturated heterocycles. The van der Waals surface area contributed by atoms with Crippen molar-refractivity contribution in [1.82, 2.24) is 19.7 Å². The van der Waals surface area contributed by atoms with E-state index in [1.165, 1.54) is 6.33 Å². The molecule has 2 aromatic rings. The van der Waals surface area contributed by atoms with Gasteiger partial charge in [-0.2, -0.15) is 5.10 Å². The number of nitrogen functional groups attached to an aromatic ring is 2. The molecular weight excluding hydrogens is 258 g/mol. The van der Waals surface area contributed by atoms with Crippen molar-refractivity contribution < 1.29 is 0 Å². The number of H-pyrrole nitrogens is 1. The number of nitrogens with zero attached hydrogens (tertiary/aromatic N) is 4. The number of hydrogen-bond donors (Lipinski definition) is 3. The van der Waals surface area contributed by atoms with E-state index in [2.05, 4.69) is 15.1 Å². The Hall–Kier alpha value is -2.51. The van der Waals surface area contributed by atoms with E-state index in [-0.39, 0.29) is 11.2 Å². The van der Waals surface area contributed by atoms with Crippen LogP contribution in [0.3, 0.4) is 0 Å². The molecule has 8 nitrogen and oxygen atoms in total. The first-order chi connectivity index (χ1) is 9.65. The maximum atomic E-state index is 11.5. The highest BCUT2D eigenvalue weighted by Gasteiger charge is 2.23. The quantitative estimate of drug-likeness (QED) is 0.708. The Morgan fingerprint density at radius 2 is 2.05 bits per heavy atom. The summed E-state index contributed by atoms with van der Waals surface area (Å²) in [6.45, 7) is 1.57. The van der Waals surface area contributed by atoms with E-state index in [1.54, 1.807) is 6.07 Å². The van der Waals surface area contributed by atoms with Crippen LogP contribution in [0.5, 0.6) is 0 Å². The fraction of sp³-hybridized carbons (Fsp3) is 0.417. The van der Waals surface area contributed by atoms with Gasteiger partial charge in [0.25, 0.3) is 5.56 Å². The first-order valence-corrected chi connectivity index (χ1v) is 6.54. The molecule has 0 amide bonds. The molecule has 1 fully saturated rings. The first-order valence-electron chi connectivity index (χ1n) is 6.54. The molecule has 3 heterocycles. The van der Waals surface area contributed by atoms with E-state index in [1.807, 2.05) is 15.8 Å². The molecule has 0 bridgehead atoms. The Morgan fingerprint density at radius 1 is 1.30 bits per heavy atom. The van der Waals surface area contributed by atoms with Crippen LogP contribution in [-0.2, 0) is 0 Å². The summed E-state index contributed by atoms with van der Waals surface area (Å²) in [4.78, 5) is 20.2. The predicted molar refractivity (Wildman–Crippen MR) is 76.4 cm³/mol. The summed E-state index contributed by atoms with van der Waals surface area (Å²) in [5.41, 5.74) is 11.3. The number of piperidine rings is 1. The first kappa shape index (κ1) is 12.5. The molecule has 20 heavy (non-hydrogen) atoms. The fourth-order valence-electron chi connectivity index (χ4n) is 2.55. The molecule has 0 spiro atoms. The molecule has 3 rings (SSSR count). The van der Waals surface area contributed by atoms with E-state index >= 15 is 0 Å². The Labute approximate surface area is 115 Å². The van der Waals surface area contributed by atoms with Crippen molar-refractivity contribution in [2.24, 2.45) is 0 Å². The van der Waals surface area contributed by atoms with Gasteiger partial charge in [-0.3, -0.25) is 9.48 Å². The summed E-state index contributed by atoms with van der Waals surface area (Å²) < 4.78 is 1.90. The standard InChI is InChI=1S/C12H17N7O/c13-9-3-6-19(17-9)8-1-4-18(5-2-8)11-10(14)12(20)16-7-15-11/h3,6-8H,1-2,4-5,14H2,(H2,13,17)(H,15,16,20). The summed E-state index contributed by atoms with van der Waals surface area (Å²) >= 11 is 0. The molecule has 2 aromatic heterocycles. The average Bonchev–Trinajstić information content (AvgIpc) is 2.89.